The van der Waals surface area contributed by atoms with E-state index < -0.39 is 12.6 Å². The summed E-state index contributed by atoms with van der Waals surface area (Å²) in [4.78, 5) is 25.4. The van der Waals surface area contributed by atoms with Crippen molar-refractivity contribution in [2.75, 3.05) is 6.61 Å². The highest BCUT2D eigenvalue weighted by Crippen LogP contribution is 2.18. The SMILES string of the molecule is O=C(Cc1ccc2ccccc2c1)N[C@@H](CO)C(=O)NC1CCCCCCCCCCC1. The van der Waals surface area contributed by atoms with E-state index in [1.54, 1.807) is 0 Å². The van der Waals surface area contributed by atoms with Gasteiger partial charge < -0.3 is 15.7 Å². The molecular weight excluding hydrogens is 400 g/mol. The second kappa shape index (κ2) is 13.2. The van der Waals surface area contributed by atoms with Crippen LogP contribution in [0.25, 0.3) is 10.8 Å². The molecule has 0 radical (unpaired) electrons. The molecule has 174 valence electrons. The third kappa shape index (κ3) is 7.94. The largest absolute Gasteiger partial charge is 0.394 e. The molecule has 3 rings (SSSR count). The van der Waals surface area contributed by atoms with Gasteiger partial charge >= 0.3 is 0 Å². The zero-order valence-corrected chi connectivity index (χ0v) is 19.2. The number of carbonyl (C=O) groups excluding carboxylic acids is 2. The van der Waals surface area contributed by atoms with Gasteiger partial charge in [0.15, 0.2) is 0 Å². The summed E-state index contributed by atoms with van der Waals surface area (Å²) in [7, 11) is 0. The minimum absolute atomic E-state index is 0.119. The van der Waals surface area contributed by atoms with Crippen LogP contribution in [0.15, 0.2) is 42.5 Å². The van der Waals surface area contributed by atoms with Crippen molar-refractivity contribution in [3.05, 3.63) is 48.0 Å². The molecule has 0 spiro atoms. The van der Waals surface area contributed by atoms with Gasteiger partial charge in [0, 0.05) is 6.04 Å². The lowest BCUT2D eigenvalue weighted by atomic mass is 9.97. The second-order valence-electron chi connectivity index (χ2n) is 9.13. The van der Waals surface area contributed by atoms with Crippen molar-refractivity contribution >= 4 is 22.6 Å². The van der Waals surface area contributed by atoms with Crippen LogP contribution in [-0.4, -0.2) is 35.6 Å². The molecule has 0 unspecified atom stereocenters. The molecule has 2 aromatic rings. The Balaban J connectivity index is 1.52. The van der Waals surface area contributed by atoms with Gasteiger partial charge in [-0.05, 0) is 29.2 Å². The lowest BCUT2D eigenvalue weighted by Gasteiger charge is -2.23. The molecule has 1 aliphatic carbocycles. The minimum atomic E-state index is -0.913. The Morgan fingerprint density at radius 2 is 1.44 bits per heavy atom. The van der Waals surface area contributed by atoms with Gasteiger partial charge in [-0.15, -0.1) is 0 Å². The smallest absolute Gasteiger partial charge is 0.245 e. The van der Waals surface area contributed by atoms with E-state index in [0.29, 0.717) is 0 Å². The van der Waals surface area contributed by atoms with Crippen molar-refractivity contribution in [3.63, 3.8) is 0 Å². The molecule has 0 aliphatic heterocycles. The van der Waals surface area contributed by atoms with Gasteiger partial charge in [-0.3, -0.25) is 9.59 Å². The van der Waals surface area contributed by atoms with E-state index in [1.165, 1.54) is 44.9 Å². The fraction of sp³-hybridized carbons (Fsp3) is 0.556. The van der Waals surface area contributed by atoms with Crippen LogP contribution in [0.4, 0.5) is 0 Å². The van der Waals surface area contributed by atoms with Crippen LogP contribution in [0.1, 0.15) is 76.2 Å². The Labute approximate surface area is 192 Å². The van der Waals surface area contributed by atoms with Crippen LogP contribution in [0, 0.1) is 0 Å². The second-order valence-corrected chi connectivity index (χ2v) is 9.13. The molecule has 1 fully saturated rings. The molecule has 2 amide bonds. The normalized spacial score (nSPS) is 17.7. The molecule has 0 saturated heterocycles. The molecule has 32 heavy (non-hydrogen) atoms. The summed E-state index contributed by atoms with van der Waals surface area (Å²) in [5.41, 5.74) is 0.887. The van der Waals surface area contributed by atoms with E-state index in [1.807, 2.05) is 42.5 Å². The molecule has 0 aromatic heterocycles. The molecule has 0 bridgehead atoms. The van der Waals surface area contributed by atoms with E-state index in [4.69, 9.17) is 0 Å². The van der Waals surface area contributed by atoms with Crippen LogP contribution in [0.5, 0.6) is 0 Å². The summed E-state index contributed by atoms with van der Waals surface area (Å²) < 4.78 is 0. The Hall–Kier alpha value is -2.40. The predicted octanol–water partition coefficient (Wildman–Crippen LogP) is 4.65. The average Bonchev–Trinajstić information content (AvgIpc) is 2.79. The molecule has 5 nitrogen and oxygen atoms in total. The van der Waals surface area contributed by atoms with Gasteiger partial charge in [0.1, 0.15) is 6.04 Å². The third-order valence-electron chi connectivity index (χ3n) is 6.46. The number of hydrogen-bond acceptors (Lipinski definition) is 3. The van der Waals surface area contributed by atoms with E-state index in [9.17, 15) is 14.7 Å². The summed E-state index contributed by atoms with van der Waals surface area (Å²) in [5.74, 6) is -0.537. The van der Waals surface area contributed by atoms with Crippen LogP contribution in [0.2, 0.25) is 0 Å². The summed E-state index contributed by atoms with van der Waals surface area (Å²) >= 11 is 0. The number of nitrogens with one attached hydrogen (secondary N) is 2. The zero-order valence-electron chi connectivity index (χ0n) is 19.2. The highest BCUT2D eigenvalue weighted by atomic mass is 16.3. The van der Waals surface area contributed by atoms with Crippen molar-refractivity contribution in [2.45, 2.75) is 89.1 Å². The first kappa shape index (κ1) is 24.2. The summed E-state index contributed by atoms with van der Waals surface area (Å²) in [6.07, 6.45) is 13.3. The van der Waals surface area contributed by atoms with Crippen LogP contribution in [0.3, 0.4) is 0 Å². The number of benzene rings is 2. The first-order valence-electron chi connectivity index (χ1n) is 12.3. The van der Waals surface area contributed by atoms with Crippen molar-refractivity contribution in [3.8, 4) is 0 Å². The van der Waals surface area contributed by atoms with E-state index in [2.05, 4.69) is 10.6 Å². The van der Waals surface area contributed by atoms with Crippen LogP contribution in [-0.2, 0) is 16.0 Å². The van der Waals surface area contributed by atoms with Gasteiger partial charge in [-0.25, -0.2) is 0 Å². The van der Waals surface area contributed by atoms with Gasteiger partial charge in [0.25, 0.3) is 0 Å². The molecule has 1 atom stereocenters. The van der Waals surface area contributed by atoms with Gasteiger partial charge in [0.05, 0.1) is 13.0 Å². The maximum atomic E-state index is 12.8. The van der Waals surface area contributed by atoms with Gasteiger partial charge in [-0.2, -0.15) is 0 Å². The number of fused-ring (bicyclic) bond motifs is 1. The monoisotopic (exact) mass is 438 g/mol. The number of carbonyl (C=O) groups is 2. The highest BCUT2D eigenvalue weighted by molar-refractivity contribution is 5.89. The molecule has 1 saturated carbocycles. The van der Waals surface area contributed by atoms with Gasteiger partial charge in [-0.1, -0.05) is 100 Å². The lowest BCUT2D eigenvalue weighted by Crippen LogP contribution is -2.51. The first-order chi connectivity index (χ1) is 15.7. The van der Waals surface area contributed by atoms with Crippen molar-refractivity contribution in [1.82, 2.24) is 10.6 Å². The van der Waals surface area contributed by atoms with Crippen molar-refractivity contribution in [1.29, 1.82) is 0 Å². The predicted molar refractivity (Wildman–Crippen MR) is 129 cm³/mol. The fourth-order valence-corrected chi connectivity index (χ4v) is 4.58. The summed E-state index contributed by atoms with van der Waals surface area (Å²) in [5, 5.41) is 17.8. The van der Waals surface area contributed by atoms with Crippen LogP contribution < -0.4 is 10.6 Å². The Bertz CT molecular complexity index is 855. The first-order valence-corrected chi connectivity index (χ1v) is 12.3. The lowest BCUT2D eigenvalue weighted by molar-refractivity contribution is -0.130. The number of rotatable bonds is 6. The van der Waals surface area contributed by atoms with E-state index in [-0.39, 0.29) is 24.3 Å². The minimum Gasteiger partial charge on any atom is -0.394 e. The van der Waals surface area contributed by atoms with Gasteiger partial charge in [0.2, 0.25) is 11.8 Å². The highest BCUT2D eigenvalue weighted by Gasteiger charge is 2.22. The summed E-state index contributed by atoms with van der Waals surface area (Å²) in [6.45, 7) is -0.401. The van der Waals surface area contributed by atoms with Crippen LogP contribution >= 0.6 is 0 Å². The average molecular weight is 439 g/mol. The van der Waals surface area contributed by atoms with Crippen molar-refractivity contribution in [2.24, 2.45) is 0 Å². The number of amides is 2. The molecule has 3 N–H and O–H groups in total. The molecule has 1 aliphatic rings. The molecule has 2 aromatic carbocycles. The molecule has 5 heteroatoms. The standard InChI is InChI=1S/C27H38N2O3/c30-20-25(27(32)28-24-14-8-6-4-2-1-3-5-7-9-15-24)29-26(31)19-21-16-17-22-12-10-11-13-23(22)18-21/h10-13,16-18,24-25,30H,1-9,14-15,19-20H2,(H,28,32)(H,29,31)/t25-/m0/s1. The summed E-state index contributed by atoms with van der Waals surface area (Å²) in [6, 6.07) is 13.1. The Morgan fingerprint density at radius 1 is 0.844 bits per heavy atom. The fourth-order valence-electron chi connectivity index (χ4n) is 4.58. The molecular formula is C27H38N2O3. The number of aliphatic hydroxyl groups is 1. The quantitative estimate of drug-likeness (QED) is 0.614. The maximum Gasteiger partial charge on any atom is 0.245 e. The maximum absolute atomic E-state index is 12.8. The van der Waals surface area contributed by atoms with E-state index in [0.717, 1.165) is 42.0 Å². The number of hydrogen-bond donors (Lipinski definition) is 3. The molecule has 0 heterocycles. The Kier molecular flexibility index (Phi) is 10.0. The Morgan fingerprint density at radius 3 is 2.06 bits per heavy atom. The zero-order chi connectivity index (χ0) is 22.6. The third-order valence-corrected chi connectivity index (χ3v) is 6.46. The number of aliphatic hydroxyl groups excluding tert-OH is 1. The van der Waals surface area contributed by atoms with Crippen molar-refractivity contribution < 1.29 is 14.7 Å². The topological polar surface area (TPSA) is 78.4 Å². The van der Waals surface area contributed by atoms with E-state index >= 15 is 0 Å².